The van der Waals surface area contributed by atoms with Crippen LogP contribution in [-0.2, 0) is 0 Å². The lowest BCUT2D eigenvalue weighted by Crippen LogP contribution is -2.10. The van der Waals surface area contributed by atoms with Crippen LogP contribution in [0.2, 0.25) is 0 Å². The van der Waals surface area contributed by atoms with Crippen molar-refractivity contribution in [1.29, 1.82) is 0 Å². The summed E-state index contributed by atoms with van der Waals surface area (Å²) in [6.07, 6.45) is 7.37. The lowest BCUT2D eigenvalue weighted by molar-refractivity contribution is 0.392. The summed E-state index contributed by atoms with van der Waals surface area (Å²) in [5.74, 6) is 1.60. The zero-order chi connectivity index (χ0) is 14.1. The topological polar surface area (TPSA) is 44.5 Å². The predicted octanol–water partition coefficient (Wildman–Crippen LogP) is 4.06. The maximum absolute atomic E-state index is 6.25. The normalized spacial score (nSPS) is 12.2. The number of unbranched alkanes of at least 4 members (excludes halogenated alkanes) is 4. The van der Waals surface area contributed by atoms with E-state index in [4.69, 9.17) is 15.2 Å². The summed E-state index contributed by atoms with van der Waals surface area (Å²) in [7, 11) is 3.32. The summed E-state index contributed by atoms with van der Waals surface area (Å²) in [5, 5.41) is 0. The molecule has 3 nitrogen and oxygen atoms in total. The van der Waals surface area contributed by atoms with Gasteiger partial charge in [-0.05, 0) is 24.1 Å². The van der Waals surface area contributed by atoms with E-state index in [2.05, 4.69) is 6.92 Å². The largest absolute Gasteiger partial charge is 0.497 e. The van der Waals surface area contributed by atoms with Crippen LogP contribution in [0.1, 0.15) is 57.1 Å². The van der Waals surface area contributed by atoms with Crippen molar-refractivity contribution in [2.24, 2.45) is 5.73 Å². The molecule has 0 amide bonds. The van der Waals surface area contributed by atoms with E-state index < -0.39 is 0 Å². The van der Waals surface area contributed by atoms with Gasteiger partial charge in [-0.25, -0.2) is 0 Å². The lowest BCUT2D eigenvalue weighted by Gasteiger charge is -2.14. The molecule has 0 aromatic heterocycles. The number of methoxy groups -OCH3 is 2. The highest BCUT2D eigenvalue weighted by Gasteiger charge is 2.09. The van der Waals surface area contributed by atoms with Crippen LogP contribution in [-0.4, -0.2) is 14.2 Å². The van der Waals surface area contributed by atoms with Crippen LogP contribution < -0.4 is 15.2 Å². The standard InChI is InChI=1S/C16H27NO2/c1-4-5-6-7-8-9-16(17)13-10-14(18-2)12-15(11-13)19-3/h10-12,16H,4-9,17H2,1-3H3. The first-order valence-electron chi connectivity index (χ1n) is 7.19. The number of nitrogens with two attached hydrogens (primary N) is 1. The third-order valence-corrected chi connectivity index (χ3v) is 3.42. The van der Waals surface area contributed by atoms with Crippen LogP contribution in [0, 0.1) is 0 Å². The molecule has 0 aliphatic carbocycles. The summed E-state index contributed by atoms with van der Waals surface area (Å²) >= 11 is 0. The van der Waals surface area contributed by atoms with Crippen molar-refractivity contribution in [3.05, 3.63) is 23.8 Å². The summed E-state index contributed by atoms with van der Waals surface area (Å²) < 4.78 is 10.5. The molecule has 0 bridgehead atoms. The van der Waals surface area contributed by atoms with Crippen molar-refractivity contribution in [2.75, 3.05) is 14.2 Å². The molecule has 19 heavy (non-hydrogen) atoms. The molecule has 1 unspecified atom stereocenters. The molecule has 0 heterocycles. The third-order valence-electron chi connectivity index (χ3n) is 3.42. The molecule has 1 atom stereocenters. The Hall–Kier alpha value is -1.22. The van der Waals surface area contributed by atoms with E-state index in [0.29, 0.717) is 0 Å². The molecule has 0 saturated carbocycles. The average molecular weight is 265 g/mol. The van der Waals surface area contributed by atoms with Crippen molar-refractivity contribution in [1.82, 2.24) is 0 Å². The van der Waals surface area contributed by atoms with Gasteiger partial charge in [-0.3, -0.25) is 0 Å². The molecule has 0 aliphatic heterocycles. The lowest BCUT2D eigenvalue weighted by atomic mass is 10.00. The van der Waals surface area contributed by atoms with Crippen molar-refractivity contribution < 1.29 is 9.47 Å². The van der Waals surface area contributed by atoms with Crippen molar-refractivity contribution >= 4 is 0 Å². The molecule has 108 valence electrons. The summed E-state index contributed by atoms with van der Waals surface area (Å²) in [6, 6.07) is 5.93. The molecule has 0 radical (unpaired) electrons. The van der Waals surface area contributed by atoms with Gasteiger partial charge in [0.25, 0.3) is 0 Å². The molecule has 1 aromatic carbocycles. The van der Waals surface area contributed by atoms with Gasteiger partial charge in [-0.15, -0.1) is 0 Å². The summed E-state index contributed by atoms with van der Waals surface area (Å²) in [6.45, 7) is 2.23. The van der Waals surface area contributed by atoms with Crippen molar-refractivity contribution in [2.45, 2.75) is 51.5 Å². The SMILES string of the molecule is CCCCCCCC(N)c1cc(OC)cc(OC)c1. The Balaban J connectivity index is 2.53. The Kier molecular flexibility index (Phi) is 7.34. The molecule has 0 saturated heterocycles. The quantitative estimate of drug-likeness (QED) is 0.685. The van der Waals surface area contributed by atoms with Gasteiger partial charge in [-0.1, -0.05) is 39.0 Å². The number of benzene rings is 1. The highest BCUT2D eigenvalue weighted by atomic mass is 16.5. The Bertz CT molecular complexity index is 344. The maximum atomic E-state index is 6.25. The van der Waals surface area contributed by atoms with E-state index in [-0.39, 0.29) is 6.04 Å². The molecular weight excluding hydrogens is 238 g/mol. The molecular formula is C16H27NO2. The van der Waals surface area contributed by atoms with E-state index in [1.54, 1.807) is 14.2 Å². The van der Waals surface area contributed by atoms with Gasteiger partial charge in [0.1, 0.15) is 11.5 Å². The average Bonchev–Trinajstić information content (AvgIpc) is 2.46. The second-order valence-corrected chi connectivity index (χ2v) is 4.96. The van der Waals surface area contributed by atoms with Gasteiger partial charge in [0, 0.05) is 12.1 Å². The van der Waals surface area contributed by atoms with E-state index in [1.807, 2.05) is 18.2 Å². The molecule has 2 N–H and O–H groups in total. The van der Waals surface area contributed by atoms with Gasteiger partial charge >= 0.3 is 0 Å². The first-order chi connectivity index (χ1) is 9.21. The van der Waals surface area contributed by atoms with Crippen molar-refractivity contribution in [3.63, 3.8) is 0 Å². The Morgan fingerprint density at radius 2 is 1.53 bits per heavy atom. The third kappa shape index (κ3) is 5.52. The minimum Gasteiger partial charge on any atom is -0.497 e. The van der Waals surface area contributed by atoms with Crippen LogP contribution in [0.3, 0.4) is 0 Å². The first-order valence-corrected chi connectivity index (χ1v) is 7.19. The second-order valence-electron chi connectivity index (χ2n) is 4.96. The fourth-order valence-corrected chi connectivity index (χ4v) is 2.18. The monoisotopic (exact) mass is 265 g/mol. The molecule has 0 fully saturated rings. The van der Waals surface area contributed by atoms with E-state index in [0.717, 1.165) is 23.5 Å². The fraction of sp³-hybridized carbons (Fsp3) is 0.625. The Morgan fingerprint density at radius 3 is 2.05 bits per heavy atom. The fourth-order valence-electron chi connectivity index (χ4n) is 2.18. The minimum absolute atomic E-state index is 0.0608. The molecule has 0 aliphatic rings. The number of rotatable bonds is 9. The highest BCUT2D eigenvalue weighted by Crippen LogP contribution is 2.27. The van der Waals surface area contributed by atoms with Crippen LogP contribution >= 0.6 is 0 Å². The predicted molar refractivity (Wildman–Crippen MR) is 79.9 cm³/mol. The zero-order valence-corrected chi connectivity index (χ0v) is 12.4. The summed E-state index contributed by atoms with van der Waals surface area (Å²) in [5.41, 5.74) is 7.34. The van der Waals surface area contributed by atoms with Crippen LogP contribution in [0.5, 0.6) is 11.5 Å². The Morgan fingerprint density at radius 1 is 0.947 bits per heavy atom. The summed E-state index contributed by atoms with van der Waals surface area (Å²) in [4.78, 5) is 0. The molecule has 3 heteroatoms. The minimum atomic E-state index is 0.0608. The number of hydrogen-bond donors (Lipinski definition) is 1. The smallest absolute Gasteiger partial charge is 0.122 e. The van der Waals surface area contributed by atoms with Crippen molar-refractivity contribution in [3.8, 4) is 11.5 Å². The van der Waals surface area contributed by atoms with E-state index >= 15 is 0 Å². The maximum Gasteiger partial charge on any atom is 0.122 e. The Labute approximate surface area is 117 Å². The number of hydrogen-bond acceptors (Lipinski definition) is 3. The van der Waals surface area contributed by atoms with Gasteiger partial charge in [0.15, 0.2) is 0 Å². The van der Waals surface area contributed by atoms with E-state index in [1.165, 1.54) is 32.1 Å². The van der Waals surface area contributed by atoms with Gasteiger partial charge in [0.05, 0.1) is 14.2 Å². The first kappa shape index (κ1) is 15.8. The van der Waals surface area contributed by atoms with Crippen LogP contribution in [0.25, 0.3) is 0 Å². The van der Waals surface area contributed by atoms with Crippen LogP contribution in [0.15, 0.2) is 18.2 Å². The molecule has 1 rings (SSSR count). The van der Waals surface area contributed by atoms with E-state index in [9.17, 15) is 0 Å². The second kappa shape index (κ2) is 8.81. The van der Waals surface area contributed by atoms with Gasteiger partial charge in [-0.2, -0.15) is 0 Å². The van der Waals surface area contributed by atoms with Gasteiger partial charge in [0.2, 0.25) is 0 Å². The van der Waals surface area contributed by atoms with Gasteiger partial charge < -0.3 is 15.2 Å². The number of ether oxygens (including phenoxy) is 2. The zero-order valence-electron chi connectivity index (χ0n) is 12.4. The molecule has 1 aromatic rings. The molecule has 0 spiro atoms. The highest BCUT2D eigenvalue weighted by molar-refractivity contribution is 5.39. The van der Waals surface area contributed by atoms with Crippen LogP contribution in [0.4, 0.5) is 0 Å².